The van der Waals surface area contributed by atoms with Crippen molar-refractivity contribution >= 4 is 45.4 Å². The molecule has 0 radical (unpaired) electrons. The summed E-state index contributed by atoms with van der Waals surface area (Å²) in [6.07, 6.45) is 3.29. The Kier molecular flexibility index (Phi) is 5.48. The quantitative estimate of drug-likeness (QED) is 0.814. The first-order chi connectivity index (χ1) is 10.1. The lowest BCUT2D eigenvalue weighted by atomic mass is 10.0. The van der Waals surface area contributed by atoms with Gasteiger partial charge in [0, 0.05) is 35.5 Å². The number of hydrogen-bond donors (Lipinski definition) is 1. The molecule has 0 saturated heterocycles. The Morgan fingerprint density at radius 3 is 2.48 bits per heavy atom. The van der Waals surface area contributed by atoms with Gasteiger partial charge in [0.1, 0.15) is 4.99 Å². The van der Waals surface area contributed by atoms with E-state index in [1.54, 1.807) is 0 Å². The number of fused-ring (bicyclic) bond motifs is 1. The molecule has 1 unspecified atom stereocenters. The third kappa shape index (κ3) is 3.33. The van der Waals surface area contributed by atoms with Crippen LogP contribution in [0.3, 0.4) is 0 Å². The smallest absolute Gasteiger partial charge is 0.104 e. The lowest BCUT2D eigenvalue weighted by molar-refractivity contribution is 0.675. The van der Waals surface area contributed by atoms with Gasteiger partial charge >= 0.3 is 0 Å². The van der Waals surface area contributed by atoms with Crippen LogP contribution in [0, 0.1) is 0 Å². The van der Waals surface area contributed by atoms with Crippen LogP contribution in [0.2, 0.25) is 0 Å². The Hall–Kier alpha value is -1.26. The van der Waals surface area contributed by atoms with Crippen molar-refractivity contribution in [2.75, 3.05) is 24.0 Å². The lowest BCUT2D eigenvalue weighted by Crippen LogP contribution is -2.33. The van der Waals surface area contributed by atoms with E-state index in [2.05, 4.69) is 49.4 Å². The Balaban J connectivity index is 2.55. The van der Waals surface area contributed by atoms with Gasteiger partial charge in [-0.2, -0.15) is 11.8 Å². The van der Waals surface area contributed by atoms with Crippen LogP contribution in [0.1, 0.15) is 18.9 Å². The summed E-state index contributed by atoms with van der Waals surface area (Å²) in [5.41, 5.74) is 8.05. The average Bonchev–Trinajstić information content (AvgIpc) is 2.50. The maximum absolute atomic E-state index is 5.85. The molecule has 0 aliphatic heterocycles. The summed E-state index contributed by atoms with van der Waals surface area (Å²) in [7, 11) is 2.17. The van der Waals surface area contributed by atoms with Crippen molar-refractivity contribution in [3.63, 3.8) is 0 Å². The molecule has 0 saturated carbocycles. The molecule has 2 N–H and O–H groups in total. The predicted molar refractivity (Wildman–Crippen MR) is 101 cm³/mol. The molecule has 0 spiro atoms. The molecule has 1 atom stereocenters. The summed E-state index contributed by atoms with van der Waals surface area (Å²) in [5, 5.41) is 2.35. The van der Waals surface area contributed by atoms with Crippen LogP contribution in [0.15, 0.2) is 36.4 Å². The number of thioether (sulfide) groups is 1. The number of nitrogens with zero attached hydrogens (tertiary/aromatic N) is 1. The minimum Gasteiger partial charge on any atom is -0.389 e. The van der Waals surface area contributed by atoms with E-state index in [-0.39, 0.29) is 0 Å². The van der Waals surface area contributed by atoms with Gasteiger partial charge in [-0.1, -0.05) is 43.4 Å². The lowest BCUT2D eigenvalue weighted by Gasteiger charge is -2.30. The van der Waals surface area contributed by atoms with E-state index in [1.165, 1.54) is 11.1 Å². The van der Waals surface area contributed by atoms with E-state index in [0.29, 0.717) is 11.0 Å². The molecule has 4 heteroatoms. The van der Waals surface area contributed by atoms with Gasteiger partial charge in [-0.3, -0.25) is 0 Å². The third-order valence-corrected chi connectivity index (χ3v) is 4.86. The summed E-state index contributed by atoms with van der Waals surface area (Å²) >= 11 is 7.06. The van der Waals surface area contributed by atoms with Gasteiger partial charge < -0.3 is 10.6 Å². The fraction of sp³-hybridized carbons (Fsp3) is 0.353. The second kappa shape index (κ2) is 7.14. The van der Waals surface area contributed by atoms with Gasteiger partial charge in [0.05, 0.1) is 0 Å². The highest BCUT2D eigenvalue weighted by atomic mass is 32.2. The Bertz CT molecular complexity index is 640. The zero-order chi connectivity index (χ0) is 15.4. The summed E-state index contributed by atoms with van der Waals surface area (Å²) in [5.74, 6) is 1.12. The fourth-order valence-corrected chi connectivity index (χ4v) is 3.72. The van der Waals surface area contributed by atoms with E-state index >= 15 is 0 Å². The first-order valence-corrected chi connectivity index (χ1v) is 8.93. The Labute approximate surface area is 136 Å². The van der Waals surface area contributed by atoms with Crippen molar-refractivity contribution in [2.24, 2.45) is 5.73 Å². The SMILES string of the molecule is CCC(CSC)N(C)c1ccc(C(N)=S)c2ccccc12. The molecule has 0 aliphatic rings. The maximum Gasteiger partial charge on any atom is 0.104 e. The van der Waals surface area contributed by atoms with Crippen molar-refractivity contribution in [1.82, 2.24) is 0 Å². The Morgan fingerprint density at radius 1 is 1.24 bits per heavy atom. The molecule has 2 rings (SSSR count). The van der Waals surface area contributed by atoms with Crippen molar-refractivity contribution in [3.05, 3.63) is 42.0 Å². The number of benzene rings is 2. The van der Waals surface area contributed by atoms with Crippen LogP contribution in [0.5, 0.6) is 0 Å². The molecule has 0 amide bonds. The fourth-order valence-electron chi connectivity index (χ4n) is 2.70. The predicted octanol–water partition coefficient (Wildman–Crippen LogP) is 4.05. The highest BCUT2D eigenvalue weighted by molar-refractivity contribution is 7.98. The standard InChI is InChI=1S/C17H22N2S2/c1-4-12(11-21-3)19(2)16-10-9-15(17(18)20)13-7-5-6-8-14(13)16/h5-10,12H,4,11H2,1-3H3,(H2,18,20). The van der Waals surface area contributed by atoms with Crippen LogP contribution in [-0.2, 0) is 0 Å². The van der Waals surface area contributed by atoms with E-state index in [0.717, 1.165) is 23.1 Å². The molecule has 21 heavy (non-hydrogen) atoms. The molecule has 2 nitrogen and oxygen atoms in total. The van der Waals surface area contributed by atoms with Crippen molar-refractivity contribution < 1.29 is 0 Å². The average molecular weight is 319 g/mol. The minimum absolute atomic E-state index is 0.455. The second-order valence-corrected chi connectivity index (χ2v) is 6.52. The molecule has 0 bridgehead atoms. The second-order valence-electron chi connectivity index (χ2n) is 5.17. The number of thiocarbonyl (C=S) groups is 1. The van der Waals surface area contributed by atoms with E-state index in [4.69, 9.17) is 18.0 Å². The first kappa shape index (κ1) is 16.1. The Morgan fingerprint density at radius 2 is 1.90 bits per heavy atom. The molecule has 112 valence electrons. The van der Waals surface area contributed by atoms with Gasteiger partial charge in [0.2, 0.25) is 0 Å². The molecular formula is C17H22N2S2. The van der Waals surface area contributed by atoms with Crippen molar-refractivity contribution in [2.45, 2.75) is 19.4 Å². The number of hydrogen-bond acceptors (Lipinski definition) is 3. The minimum atomic E-state index is 0.455. The van der Waals surface area contributed by atoms with E-state index < -0.39 is 0 Å². The van der Waals surface area contributed by atoms with E-state index in [9.17, 15) is 0 Å². The van der Waals surface area contributed by atoms with Gasteiger partial charge in [-0.15, -0.1) is 0 Å². The largest absolute Gasteiger partial charge is 0.389 e. The van der Waals surface area contributed by atoms with Crippen LogP contribution < -0.4 is 10.6 Å². The topological polar surface area (TPSA) is 29.3 Å². The van der Waals surface area contributed by atoms with Gasteiger partial charge in [0.15, 0.2) is 0 Å². The molecule has 0 aromatic heterocycles. The van der Waals surface area contributed by atoms with Crippen LogP contribution in [0.4, 0.5) is 5.69 Å². The summed E-state index contributed by atoms with van der Waals surface area (Å²) in [4.78, 5) is 2.83. The van der Waals surface area contributed by atoms with Crippen molar-refractivity contribution in [3.8, 4) is 0 Å². The molecule has 0 aliphatic carbocycles. The number of rotatable bonds is 6. The summed E-state index contributed by atoms with van der Waals surface area (Å²) in [6, 6.07) is 13.1. The zero-order valence-electron chi connectivity index (χ0n) is 12.8. The molecule has 0 heterocycles. The number of nitrogens with two attached hydrogens (primary N) is 1. The van der Waals surface area contributed by atoms with Gasteiger partial charge in [0.25, 0.3) is 0 Å². The highest BCUT2D eigenvalue weighted by Gasteiger charge is 2.16. The first-order valence-electron chi connectivity index (χ1n) is 7.13. The molecule has 0 fully saturated rings. The molecule has 2 aromatic rings. The highest BCUT2D eigenvalue weighted by Crippen LogP contribution is 2.31. The summed E-state index contributed by atoms with van der Waals surface area (Å²) < 4.78 is 0. The zero-order valence-corrected chi connectivity index (χ0v) is 14.4. The summed E-state index contributed by atoms with van der Waals surface area (Å²) in [6.45, 7) is 2.24. The van der Waals surface area contributed by atoms with Crippen LogP contribution in [0.25, 0.3) is 10.8 Å². The molecule has 2 aromatic carbocycles. The van der Waals surface area contributed by atoms with E-state index in [1.807, 2.05) is 23.9 Å². The molecular weight excluding hydrogens is 296 g/mol. The van der Waals surface area contributed by atoms with Crippen LogP contribution in [-0.4, -0.2) is 30.1 Å². The van der Waals surface area contributed by atoms with Gasteiger partial charge in [-0.05, 0) is 30.2 Å². The van der Waals surface area contributed by atoms with Crippen LogP contribution >= 0.6 is 24.0 Å². The monoisotopic (exact) mass is 318 g/mol. The number of anilines is 1. The van der Waals surface area contributed by atoms with Gasteiger partial charge in [-0.25, -0.2) is 0 Å². The third-order valence-electron chi connectivity index (χ3n) is 3.92. The maximum atomic E-state index is 5.85. The van der Waals surface area contributed by atoms with Crippen molar-refractivity contribution in [1.29, 1.82) is 0 Å². The normalized spacial score (nSPS) is 12.3.